The van der Waals surface area contributed by atoms with Gasteiger partial charge in [0.15, 0.2) is 0 Å². The van der Waals surface area contributed by atoms with Gasteiger partial charge in [-0.25, -0.2) is 0 Å². The van der Waals surface area contributed by atoms with Gasteiger partial charge in [0.05, 0.1) is 27.2 Å². The first-order valence-corrected chi connectivity index (χ1v) is 7.12. The first kappa shape index (κ1) is 14.2. The fourth-order valence-corrected chi connectivity index (χ4v) is 3.14. The zero-order valence-electron chi connectivity index (χ0n) is 10.9. The van der Waals surface area contributed by atoms with Gasteiger partial charge in [0.25, 0.3) is 0 Å². The molecule has 2 heterocycles. The van der Waals surface area contributed by atoms with Crippen molar-refractivity contribution in [3.05, 3.63) is 32.9 Å². The molecule has 0 saturated carbocycles. The van der Waals surface area contributed by atoms with E-state index in [9.17, 15) is 10.1 Å². The third kappa shape index (κ3) is 2.16. The summed E-state index contributed by atoms with van der Waals surface area (Å²) in [6.45, 7) is 0.350. The highest BCUT2D eigenvalue weighted by molar-refractivity contribution is 6.45. The van der Waals surface area contributed by atoms with Crippen LogP contribution in [0.4, 0.5) is 0 Å². The van der Waals surface area contributed by atoms with Crippen LogP contribution in [0.5, 0.6) is 0 Å². The minimum absolute atomic E-state index is 0.322. The predicted octanol–water partition coefficient (Wildman–Crippen LogP) is 2.22. The van der Waals surface area contributed by atoms with Crippen LogP contribution in [-0.4, -0.2) is 34.0 Å². The molecule has 1 aromatic carbocycles. The van der Waals surface area contributed by atoms with Crippen LogP contribution in [0.15, 0.2) is 6.07 Å². The van der Waals surface area contributed by atoms with Crippen molar-refractivity contribution in [2.45, 2.75) is 13.0 Å². The third-order valence-electron chi connectivity index (χ3n) is 3.75. The predicted molar refractivity (Wildman–Crippen MR) is 79.2 cm³/mol. The fraction of sp³-hybridized carbons (Fsp3) is 0.286. The summed E-state index contributed by atoms with van der Waals surface area (Å²) in [6, 6.07) is 3.65. The Labute approximate surface area is 130 Å². The molecule has 1 amide bonds. The highest BCUT2D eigenvalue weighted by Gasteiger charge is 2.26. The number of aromatic amines is 1. The van der Waals surface area contributed by atoms with Crippen molar-refractivity contribution in [1.29, 1.82) is 5.26 Å². The third-order valence-corrected chi connectivity index (χ3v) is 4.54. The van der Waals surface area contributed by atoms with Crippen LogP contribution in [0, 0.1) is 11.3 Å². The Bertz CT molecular complexity index is 792. The van der Waals surface area contributed by atoms with Gasteiger partial charge in [-0.15, -0.1) is 0 Å². The molecule has 2 aromatic rings. The first-order valence-electron chi connectivity index (χ1n) is 6.37. The number of nitrogens with one attached hydrogen (secondary N) is 1. The van der Waals surface area contributed by atoms with Crippen molar-refractivity contribution < 1.29 is 9.90 Å². The maximum atomic E-state index is 11.7. The number of aliphatic hydroxyl groups is 1. The Morgan fingerprint density at radius 3 is 2.95 bits per heavy atom. The Morgan fingerprint density at radius 1 is 1.52 bits per heavy atom. The van der Waals surface area contributed by atoms with E-state index in [4.69, 9.17) is 28.3 Å². The van der Waals surface area contributed by atoms with E-state index in [2.05, 4.69) is 11.1 Å². The number of aliphatic hydroxyl groups excluding tert-OH is 1. The second kappa shape index (κ2) is 5.23. The van der Waals surface area contributed by atoms with E-state index in [1.807, 2.05) is 0 Å². The standard InChI is InChI=1S/C14H11Cl2N3O2/c15-9-3-7(4-17)12-8-5-19(11(21)6-20)2-1-10(8)18-14(12)13(9)16/h3,18,20H,1-2,5-6H2. The summed E-state index contributed by atoms with van der Waals surface area (Å²) in [5.41, 5.74) is 2.88. The van der Waals surface area contributed by atoms with Crippen molar-refractivity contribution in [2.75, 3.05) is 13.2 Å². The van der Waals surface area contributed by atoms with Crippen molar-refractivity contribution in [1.82, 2.24) is 9.88 Å². The van der Waals surface area contributed by atoms with Crippen LogP contribution in [-0.2, 0) is 17.8 Å². The number of amides is 1. The molecule has 0 saturated heterocycles. The van der Waals surface area contributed by atoms with Gasteiger partial charge in [-0.2, -0.15) is 5.26 Å². The summed E-state index contributed by atoms with van der Waals surface area (Å²) in [5, 5.41) is 19.7. The first-order chi connectivity index (χ1) is 10.1. The molecule has 0 spiro atoms. The van der Waals surface area contributed by atoms with Crippen molar-refractivity contribution in [3.8, 4) is 6.07 Å². The van der Waals surface area contributed by atoms with E-state index in [0.29, 0.717) is 46.0 Å². The number of aromatic nitrogens is 1. The lowest BCUT2D eigenvalue weighted by Gasteiger charge is -2.26. The van der Waals surface area contributed by atoms with Crippen molar-refractivity contribution in [3.63, 3.8) is 0 Å². The van der Waals surface area contributed by atoms with Gasteiger partial charge in [-0.1, -0.05) is 23.2 Å². The van der Waals surface area contributed by atoms with Crippen molar-refractivity contribution in [2.24, 2.45) is 0 Å². The molecule has 5 nitrogen and oxygen atoms in total. The lowest BCUT2D eigenvalue weighted by atomic mass is 10.0. The van der Waals surface area contributed by atoms with Gasteiger partial charge in [0, 0.05) is 36.2 Å². The number of hydrogen-bond donors (Lipinski definition) is 2. The topological polar surface area (TPSA) is 80.1 Å². The average molecular weight is 324 g/mol. The number of carbonyl (C=O) groups excluding carboxylic acids is 1. The summed E-state index contributed by atoms with van der Waals surface area (Å²) in [6.07, 6.45) is 0.620. The number of H-pyrrole nitrogens is 1. The number of carbonyl (C=O) groups is 1. The molecular weight excluding hydrogens is 313 g/mol. The van der Waals surface area contributed by atoms with E-state index in [1.165, 1.54) is 6.07 Å². The number of fused-ring (bicyclic) bond motifs is 3. The second-order valence-corrected chi connectivity index (χ2v) is 5.67. The molecule has 0 fully saturated rings. The van der Waals surface area contributed by atoms with E-state index in [-0.39, 0.29) is 5.91 Å². The van der Waals surface area contributed by atoms with E-state index < -0.39 is 6.61 Å². The number of nitrogens with zero attached hydrogens (tertiary/aromatic N) is 2. The van der Waals surface area contributed by atoms with E-state index in [0.717, 1.165) is 11.3 Å². The molecule has 2 N–H and O–H groups in total. The van der Waals surface area contributed by atoms with Crippen LogP contribution in [0.3, 0.4) is 0 Å². The molecule has 1 aliphatic rings. The van der Waals surface area contributed by atoms with Crippen LogP contribution in [0.25, 0.3) is 10.9 Å². The lowest BCUT2D eigenvalue weighted by Crippen LogP contribution is -2.37. The van der Waals surface area contributed by atoms with Crippen LogP contribution < -0.4 is 0 Å². The highest BCUT2D eigenvalue weighted by Crippen LogP contribution is 2.38. The largest absolute Gasteiger partial charge is 0.387 e. The number of rotatable bonds is 1. The van der Waals surface area contributed by atoms with Crippen molar-refractivity contribution >= 4 is 40.0 Å². The second-order valence-electron chi connectivity index (χ2n) is 4.89. The molecule has 0 atom stereocenters. The Balaban J connectivity index is 2.21. The minimum atomic E-state index is -0.518. The van der Waals surface area contributed by atoms with E-state index in [1.54, 1.807) is 4.90 Å². The summed E-state index contributed by atoms with van der Waals surface area (Å²) < 4.78 is 0. The molecule has 21 heavy (non-hydrogen) atoms. The van der Waals surface area contributed by atoms with Gasteiger partial charge in [0.2, 0.25) is 5.91 Å². The summed E-state index contributed by atoms with van der Waals surface area (Å²) in [5.74, 6) is -0.325. The molecule has 1 aromatic heterocycles. The van der Waals surface area contributed by atoms with Gasteiger partial charge in [-0.3, -0.25) is 4.79 Å². The minimum Gasteiger partial charge on any atom is -0.387 e. The summed E-state index contributed by atoms with van der Waals surface area (Å²) in [7, 11) is 0. The zero-order valence-corrected chi connectivity index (χ0v) is 12.4. The fourth-order valence-electron chi connectivity index (χ4n) is 2.74. The average Bonchev–Trinajstić information content (AvgIpc) is 2.89. The molecule has 0 radical (unpaired) electrons. The number of benzene rings is 1. The quantitative estimate of drug-likeness (QED) is 0.844. The molecule has 3 rings (SSSR count). The number of hydrogen-bond acceptors (Lipinski definition) is 3. The molecule has 7 heteroatoms. The Kier molecular flexibility index (Phi) is 3.54. The number of halogens is 2. The maximum absolute atomic E-state index is 11.7. The lowest BCUT2D eigenvalue weighted by molar-refractivity contribution is -0.135. The monoisotopic (exact) mass is 323 g/mol. The smallest absolute Gasteiger partial charge is 0.248 e. The zero-order chi connectivity index (χ0) is 15.1. The van der Waals surface area contributed by atoms with Gasteiger partial charge in [0.1, 0.15) is 6.61 Å². The van der Waals surface area contributed by atoms with Gasteiger partial charge >= 0.3 is 0 Å². The molecule has 108 valence electrons. The Morgan fingerprint density at radius 2 is 2.29 bits per heavy atom. The highest BCUT2D eigenvalue weighted by atomic mass is 35.5. The molecular formula is C14H11Cl2N3O2. The van der Waals surface area contributed by atoms with Crippen LogP contribution in [0.2, 0.25) is 10.0 Å². The van der Waals surface area contributed by atoms with Gasteiger partial charge < -0.3 is 15.0 Å². The molecule has 1 aliphatic heterocycles. The maximum Gasteiger partial charge on any atom is 0.248 e. The molecule has 0 bridgehead atoms. The van der Waals surface area contributed by atoms with Crippen LogP contribution >= 0.6 is 23.2 Å². The number of nitriles is 1. The van der Waals surface area contributed by atoms with Crippen LogP contribution in [0.1, 0.15) is 16.8 Å². The Hall–Kier alpha value is -1.74. The summed E-state index contributed by atoms with van der Waals surface area (Å²) in [4.78, 5) is 16.4. The summed E-state index contributed by atoms with van der Waals surface area (Å²) >= 11 is 12.2. The van der Waals surface area contributed by atoms with Gasteiger partial charge in [-0.05, 0) is 6.07 Å². The SMILES string of the molecule is N#Cc1cc(Cl)c(Cl)c2[nH]c3c(c12)CN(C(=O)CO)CC3. The molecule has 0 aliphatic carbocycles. The molecule has 0 unspecified atom stereocenters. The van der Waals surface area contributed by atoms with E-state index >= 15 is 0 Å². The normalized spacial score (nSPS) is 14.1.